The van der Waals surface area contributed by atoms with Gasteiger partial charge in [-0.15, -0.1) is 0 Å². The molecule has 1 aliphatic heterocycles. The molecule has 1 fully saturated rings. The Kier molecular flexibility index (Phi) is 4.98. The van der Waals surface area contributed by atoms with Gasteiger partial charge in [0.1, 0.15) is 0 Å². The van der Waals surface area contributed by atoms with E-state index in [1.807, 2.05) is 18.2 Å². The highest BCUT2D eigenvalue weighted by Crippen LogP contribution is 2.34. The second-order valence-corrected chi connectivity index (χ2v) is 7.55. The molecule has 0 spiro atoms. The standard InChI is InChI=1S/C17H27ClN2/c1-17(2,3)14-5-4-9-20(10-8-14)12-13-11-15(18)6-7-16(13)19/h6-7,11,14H,4-5,8-10,12,19H2,1-3H3. The van der Waals surface area contributed by atoms with E-state index in [0.29, 0.717) is 5.41 Å². The molecule has 2 N–H and O–H groups in total. The predicted molar refractivity (Wildman–Crippen MR) is 87.9 cm³/mol. The highest BCUT2D eigenvalue weighted by atomic mass is 35.5. The predicted octanol–water partition coefficient (Wildman–Crippen LogP) is 4.57. The molecule has 2 nitrogen and oxygen atoms in total. The van der Waals surface area contributed by atoms with Crippen LogP contribution in [0.1, 0.15) is 45.6 Å². The Bertz CT molecular complexity index is 451. The number of anilines is 1. The lowest BCUT2D eigenvalue weighted by atomic mass is 9.77. The van der Waals surface area contributed by atoms with E-state index in [9.17, 15) is 0 Å². The summed E-state index contributed by atoms with van der Waals surface area (Å²) in [5.74, 6) is 0.823. The van der Waals surface area contributed by atoms with E-state index in [0.717, 1.165) is 35.3 Å². The quantitative estimate of drug-likeness (QED) is 0.810. The minimum atomic E-state index is 0.422. The Hall–Kier alpha value is -0.730. The van der Waals surface area contributed by atoms with Crippen molar-refractivity contribution in [1.82, 2.24) is 4.90 Å². The molecule has 1 aromatic carbocycles. The summed E-state index contributed by atoms with van der Waals surface area (Å²) in [6.07, 6.45) is 3.90. The van der Waals surface area contributed by atoms with Crippen LogP contribution in [0.2, 0.25) is 5.02 Å². The first-order valence-corrected chi connectivity index (χ1v) is 8.00. The van der Waals surface area contributed by atoms with Gasteiger partial charge in [0.2, 0.25) is 0 Å². The molecule has 0 radical (unpaired) electrons. The van der Waals surface area contributed by atoms with Crippen molar-refractivity contribution in [3.8, 4) is 0 Å². The maximum Gasteiger partial charge on any atom is 0.0410 e. The molecule has 3 heteroatoms. The summed E-state index contributed by atoms with van der Waals surface area (Å²) in [6.45, 7) is 10.3. The molecule has 1 unspecified atom stereocenters. The normalized spacial score (nSPS) is 21.7. The molecule has 1 aromatic rings. The zero-order valence-electron chi connectivity index (χ0n) is 13.0. The van der Waals surface area contributed by atoms with Crippen LogP contribution in [0.25, 0.3) is 0 Å². The van der Waals surface area contributed by atoms with Crippen LogP contribution in [0.4, 0.5) is 5.69 Å². The minimum Gasteiger partial charge on any atom is -0.398 e. The SMILES string of the molecule is CC(C)(C)C1CCCN(Cc2cc(Cl)ccc2N)CC1. The van der Waals surface area contributed by atoms with Gasteiger partial charge in [0, 0.05) is 17.3 Å². The van der Waals surface area contributed by atoms with Crippen molar-refractivity contribution in [2.75, 3.05) is 18.8 Å². The number of halogens is 1. The van der Waals surface area contributed by atoms with Crippen molar-refractivity contribution in [3.63, 3.8) is 0 Å². The fraction of sp³-hybridized carbons (Fsp3) is 0.647. The number of likely N-dealkylation sites (tertiary alicyclic amines) is 1. The summed E-state index contributed by atoms with van der Waals surface area (Å²) in [4.78, 5) is 2.52. The topological polar surface area (TPSA) is 29.3 Å². The van der Waals surface area contributed by atoms with Crippen LogP contribution < -0.4 is 5.73 Å². The van der Waals surface area contributed by atoms with Gasteiger partial charge < -0.3 is 5.73 Å². The Balaban J connectivity index is 1.99. The first kappa shape index (κ1) is 15.7. The second kappa shape index (κ2) is 6.36. The van der Waals surface area contributed by atoms with Crippen LogP contribution in [-0.4, -0.2) is 18.0 Å². The molecule has 2 rings (SSSR count). The summed E-state index contributed by atoms with van der Waals surface area (Å²) < 4.78 is 0. The molecule has 1 atom stereocenters. The molecule has 1 aliphatic rings. The smallest absolute Gasteiger partial charge is 0.0410 e. The van der Waals surface area contributed by atoms with Gasteiger partial charge in [0.05, 0.1) is 0 Å². The summed E-state index contributed by atoms with van der Waals surface area (Å²) in [6, 6.07) is 5.77. The highest BCUT2D eigenvalue weighted by Gasteiger charge is 2.27. The van der Waals surface area contributed by atoms with Gasteiger partial charge in [-0.3, -0.25) is 4.90 Å². The first-order chi connectivity index (χ1) is 9.36. The van der Waals surface area contributed by atoms with Gasteiger partial charge in [0.15, 0.2) is 0 Å². The number of nitrogen functional groups attached to an aromatic ring is 1. The van der Waals surface area contributed by atoms with Crippen LogP contribution in [-0.2, 0) is 6.54 Å². The van der Waals surface area contributed by atoms with Crippen LogP contribution >= 0.6 is 11.6 Å². The number of rotatable bonds is 2. The van der Waals surface area contributed by atoms with Crippen molar-refractivity contribution >= 4 is 17.3 Å². The van der Waals surface area contributed by atoms with E-state index >= 15 is 0 Å². The third-order valence-electron chi connectivity index (χ3n) is 4.54. The second-order valence-electron chi connectivity index (χ2n) is 7.11. The van der Waals surface area contributed by atoms with Crippen molar-refractivity contribution in [2.45, 2.75) is 46.6 Å². The largest absolute Gasteiger partial charge is 0.398 e. The average molecular weight is 295 g/mol. The van der Waals surface area contributed by atoms with E-state index in [1.165, 1.54) is 25.8 Å². The van der Waals surface area contributed by atoms with Gasteiger partial charge in [0.25, 0.3) is 0 Å². The third kappa shape index (κ3) is 4.13. The fourth-order valence-corrected chi connectivity index (χ4v) is 3.33. The molecular weight excluding hydrogens is 268 g/mol. The van der Waals surface area contributed by atoms with Crippen LogP contribution in [0, 0.1) is 11.3 Å². The van der Waals surface area contributed by atoms with E-state index < -0.39 is 0 Å². The summed E-state index contributed by atoms with van der Waals surface area (Å²) in [5.41, 5.74) is 8.49. The summed E-state index contributed by atoms with van der Waals surface area (Å²) >= 11 is 6.08. The Morgan fingerprint density at radius 1 is 1.25 bits per heavy atom. The molecule has 0 amide bonds. The highest BCUT2D eigenvalue weighted by molar-refractivity contribution is 6.30. The zero-order valence-corrected chi connectivity index (χ0v) is 13.7. The molecular formula is C17H27ClN2. The van der Waals surface area contributed by atoms with E-state index in [2.05, 4.69) is 25.7 Å². The monoisotopic (exact) mass is 294 g/mol. The number of hydrogen-bond acceptors (Lipinski definition) is 2. The molecule has 0 aliphatic carbocycles. The third-order valence-corrected chi connectivity index (χ3v) is 4.78. The molecule has 0 aromatic heterocycles. The van der Waals surface area contributed by atoms with Gasteiger partial charge >= 0.3 is 0 Å². The van der Waals surface area contributed by atoms with Crippen molar-refractivity contribution in [2.24, 2.45) is 11.3 Å². The fourth-order valence-electron chi connectivity index (χ4n) is 3.13. The number of nitrogens with two attached hydrogens (primary N) is 1. The van der Waals surface area contributed by atoms with Crippen molar-refractivity contribution in [1.29, 1.82) is 0 Å². The molecule has 112 valence electrons. The number of benzene rings is 1. The molecule has 1 saturated heterocycles. The van der Waals surface area contributed by atoms with E-state index in [4.69, 9.17) is 17.3 Å². The lowest BCUT2D eigenvalue weighted by Gasteiger charge is -2.29. The maximum absolute atomic E-state index is 6.08. The minimum absolute atomic E-state index is 0.422. The average Bonchev–Trinajstić information content (AvgIpc) is 2.59. The van der Waals surface area contributed by atoms with Crippen LogP contribution in [0.15, 0.2) is 18.2 Å². The maximum atomic E-state index is 6.08. The summed E-state index contributed by atoms with van der Waals surface area (Å²) in [7, 11) is 0. The van der Waals surface area contributed by atoms with Crippen molar-refractivity contribution < 1.29 is 0 Å². The van der Waals surface area contributed by atoms with Crippen LogP contribution in [0.5, 0.6) is 0 Å². The molecule has 20 heavy (non-hydrogen) atoms. The Morgan fingerprint density at radius 3 is 2.70 bits per heavy atom. The van der Waals surface area contributed by atoms with E-state index in [1.54, 1.807) is 0 Å². The first-order valence-electron chi connectivity index (χ1n) is 7.62. The molecule has 0 bridgehead atoms. The van der Waals surface area contributed by atoms with E-state index in [-0.39, 0.29) is 0 Å². The Morgan fingerprint density at radius 2 is 2.00 bits per heavy atom. The lowest BCUT2D eigenvalue weighted by molar-refractivity contribution is 0.206. The summed E-state index contributed by atoms with van der Waals surface area (Å²) in [5, 5.41) is 0.775. The zero-order chi connectivity index (χ0) is 14.8. The Labute approximate surface area is 128 Å². The van der Waals surface area contributed by atoms with Gasteiger partial charge in [-0.2, -0.15) is 0 Å². The molecule has 0 saturated carbocycles. The number of nitrogens with zero attached hydrogens (tertiary/aromatic N) is 1. The van der Waals surface area contributed by atoms with Gasteiger partial charge in [-0.25, -0.2) is 0 Å². The van der Waals surface area contributed by atoms with Gasteiger partial charge in [-0.05, 0) is 67.4 Å². The van der Waals surface area contributed by atoms with Gasteiger partial charge in [-0.1, -0.05) is 32.4 Å². The van der Waals surface area contributed by atoms with Crippen LogP contribution in [0.3, 0.4) is 0 Å². The number of hydrogen-bond donors (Lipinski definition) is 1. The van der Waals surface area contributed by atoms with Crippen molar-refractivity contribution in [3.05, 3.63) is 28.8 Å². The molecule has 1 heterocycles. The lowest BCUT2D eigenvalue weighted by Crippen LogP contribution is -2.26.